The summed E-state index contributed by atoms with van der Waals surface area (Å²) in [4.78, 5) is 12.2. The van der Waals surface area contributed by atoms with E-state index in [-0.39, 0.29) is 23.0 Å². The first kappa shape index (κ1) is 16.6. The Labute approximate surface area is 135 Å². The van der Waals surface area contributed by atoms with Crippen molar-refractivity contribution in [3.63, 3.8) is 0 Å². The molecule has 1 amide bonds. The van der Waals surface area contributed by atoms with Crippen LogP contribution in [-0.4, -0.2) is 11.2 Å². The normalized spacial score (nSPS) is 13.4. The second-order valence-corrected chi connectivity index (χ2v) is 6.55. The van der Waals surface area contributed by atoms with E-state index in [9.17, 15) is 9.18 Å². The predicted octanol–water partition coefficient (Wildman–Crippen LogP) is 4.32. The van der Waals surface area contributed by atoms with Crippen molar-refractivity contribution in [1.29, 1.82) is 0 Å². The monoisotopic (exact) mass is 317 g/mol. The highest BCUT2D eigenvalue weighted by Crippen LogP contribution is 2.19. The summed E-state index contributed by atoms with van der Waals surface area (Å²) in [5.41, 5.74) is 1.97. The average molecular weight is 317 g/mol. The topological polar surface area (TPSA) is 29.1 Å². The Kier molecular flexibility index (Phi) is 6.01. The van der Waals surface area contributed by atoms with Gasteiger partial charge in [-0.1, -0.05) is 42.5 Å². The van der Waals surface area contributed by atoms with Gasteiger partial charge in [-0.25, -0.2) is 4.39 Å². The van der Waals surface area contributed by atoms with Gasteiger partial charge in [0, 0.05) is 5.75 Å². The second kappa shape index (κ2) is 7.99. The molecule has 2 aromatic carbocycles. The Bertz CT molecular complexity index is 617. The summed E-state index contributed by atoms with van der Waals surface area (Å²) in [6.07, 6.45) is 0. The van der Waals surface area contributed by atoms with Crippen molar-refractivity contribution in [1.82, 2.24) is 5.32 Å². The van der Waals surface area contributed by atoms with E-state index >= 15 is 0 Å². The van der Waals surface area contributed by atoms with Gasteiger partial charge in [-0.2, -0.15) is 0 Å². The Morgan fingerprint density at radius 3 is 2.55 bits per heavy atom. The predicted molar refractivity (Wildman–Crippen MR) is 90.2 cm³/mol. The highest BCUT2D eigenvalue weighted by atomic mass is 32.2. The third-order valence-electron chi connectivity index (χ3n) is 3.42. The number of benzene rings is 2. The number of thioether (sulfide) groups is 1. The lowest BCUT2D eigenvalue weighted by Crippen LogP contribution is -2.33. The number of rotatable bonds is 6. The summed E-state index contributed by atoms with van der Waals surface area (Å²) in [5.74, 6) is 0.479. The maximum absolute atomic E-state index is 13.2. The molecule has 4 heteroatoms. The number of carbonyl (C=O) groups is 1. The fourth-order valence-corrected chi connectivity index (χ4v) is 2.92. The number of hydrogen-bond acceptors (Lipinski definition) is 2. The minimum absolute atomic E-state index is 0.0299. The Morgan fingerprint density at radius 2 is 1.86 bits per heavy atom. The molecule has 0 aliphatic heterocycles. The van der Waals surface area contributed by atoms with Crippen molar-refractivity contribution in [2.75, 3.05) is 0 Å². The zero-order valence-electron chi connectivity index (χ0n) is 12.8. The van der Waals surface area contributed by atoms with E-state index in [1.807, 2.05) is 50.2 Å². The second-order valence-electron chi connectivity index (χ2n) is 5.22. The van der Waals surface area contributed by atoms with E-state index in [2.05, 4.69) is 5.32 Å². The average Bonchev–Trinajstić information content (AvgIpc) is 2.53. The van der Waals surface area contributed by atoms with Gasteiger partial charge < -0.3 is 5.32 Å². The van der Waals surface area contributed by atoms with Gasteiger partial charge >= 0.3 is 0 Å². The molecular formula is C18H20FNOS. The van der Waals surface area contributed by atoms with E-state index in [1.54, 1.807) is 17.8 Å². The third-order valence-corrected chi connectivity index (χ3v) is 4.63. The molecule has 0 aliphatic carbocycles. The highest BCUT2D eigenvalue weighted by molar-refractivity contribution is 7.99. The third kappa shape index (κ3) is 4.88. The lowest BCUT2D eigenvalue weighted by molar-refractivity contribution is -0.120. The summed E-state index contributed by atoms with van der Waals surface area (Å²) in [6.45, 7) is 3.75. The maximum Gasteiger partial charge on any atom is 0.233 e. The Morgan fingerprint density at radius 1 is 1.14 bits per heavy atom. The summed E-state index contributed by atoms with van der Waals surface area (Å²) in [7, 11) is 0. The smallest absolute Gasteiger partial charge is 0.233 e. The molecule has 0 spiro atoms. The number of amides is 1. The molecule has 0 saturated carbocycles. The molecule has 1 N–H and O–H groups in total. The lowest BCUT2D eigenvalue weighted by atomic mass is 10.1. The zero-order chi connectivity index (χ0) is 15.9. The molecule has 0 radical (unpaired) electrons. The first-order valence-electron chi connectivity index (χ1n) is 7.27. The first-order chi connectivity index (χ1) is 10.6. The van der Waals surface area contributed by atoms with Crippen molar-refractivity contribution in [3.05, 3.63) is 71.5 Å². The molecular weight excluding hydrogens is 297 g/mol. The SMILES string of the molecule is C[C@H](NC(=O)[C@@H](C)SCc1ccccc1)c1cccc(F)c1. The van der Waals surface area contributed by atoms with Crippen LogP contribution >= 0.6 is 11.8 Å². The van der Waals surface area contributed by atoms with Gasteiger partial charge in [-0.15, -0.1) is 11.8 Å². The number of nitrogens with one attached hydrogen (secondary N) is 1. The minimum Gasteiger partial charge on any atom is -0.349 e. The number of carbonyl (C=O) groups excluding carboxylic acids is 1. The minimum atomic E-state index is -0.287. The van der Waals surface area contributed by atoms with Crippen molar-refractivity contribution >= 4 is 17.7 Å². The van der Waals surface area contributed by atoms with Crippen LogP contribution in [0.2, 0.25) is 0 Å². The summed E-state index contributed by atoms with van der Waals surface area (Å²) >= 11 is 1.59. The summed E-state index contributed by atoms with van der Waals surface area (Å²) in [6, 6.07) is 16.2. The molecule has 0 fully saturated rings. The van der Waals surface area contributed by atoms with Crippen molar-refractivity contribution < 1.29 is 9.18 Å². The van der Waals surface area contributed by atoms with Gasteiger partial charge in [0.05, 0.1) is 11.3 Å². The molecule has 2 aromatic rings. The van der Waals surface area contributed by atoms with Crippen molar-refractivity contribution in [3.8, 4) is 0 Å². The lowest BCUT2D eigenvalue weighted by Gasteiger charge is -2.18. The van der Waals surface area contributed by atoms with Gasteiger partial charge in [0.25, 0.3) is 0 Å². The molecule has 0 saturated heterocycles. The maximum atomic E-state index is 13.2. The van der Waals surface area contributed by atoms with Crippen LogP contribution < -0.4 is 5.32 Å². The van der Waals surface area contributed by atoms with Crippen LogP contribution in [0.25, 0.3) is 0 Å². The highest BCUT2D eigenvalue weighted by Gasteiger charge is 2.16. The van der Waals surface area contributed by atoms with Gasteiger partial charge in [0.15, 0.2) is 0 Å². The molecule has 0 heterocycles. The molecule has 2 nitrogen and oxygen atoms in total. The fourth-order valence-electron chi connectivity index (χ4n) is 2.06. The molecule has 0 aliphatic rings. The largest absolute Gasteiger partial charge is 0.349 e. The van der Waals surface area contributed by atoms with Crippen LogP contribution in [-0.2, 0) is 10.5 Å². The molecule has 2 rings (SSSR count). The first-order valence-corrected chi connectivity index (χ1v) is 8.32. The molecule has 0 aromatic heterocycles. The number of hydrogen-bond donors (Lipinski definition) is 1. The van der Waals surface area contributed by atoms with Crippen molar-refractivity contribution in [2.24, 2.45) is 0 Å². The van der Waals surface area contributed by atoms with Gasteiger partial charge in [0.1, 0.15) is 5.82 Å². The van der Waals surface area contributed by atoms with Crippen LogP contribution in [0.15, 0.2) is 54.6 Å². The van der Waals surface area contributed by atoms with E-state index < -0.39 is 0 Å². The Hall–Kier alpha value is -1.81. The van der Waals surface area contributed by atoms with E-state index in [0.717, 1.165) is 11.3 Å². The van der Waals surface area contributed by atoms with E-state index in [4.69, 9.17) is 0 Å². The standard InChI is InChI=1S/C18H20FNOS/c1-13(16-9-6-10-17(19)11-16)20-18(21)14(2)22-12-15-7-4-3-5-8-15/h3-11,13-14H,12H2,1-2H3,(H,20,21)/t13-,14+/m0/s1. The number of halogens is 1. The molecule has 2 atom stereocenters. The fraction of sp³-hybridized carbons (Fsp3) is 0.278. The van der Waals surface area contributed by atoms with Gasteiger partial charge in [0.2, 0.25) is 5.91 Å². The van der Waals surface area contributed by atoms with Crippen LogP contribution in [0.3, 0.4) is 0 Å². The quantitative estimate of drug-likeness (QED) is 0.859. The van der Waals surface area contributed by atoms with Crippen LogP contribution in [0.5, 0.6) is 0 Å². The van der Waals surface area contributed by atoms with E-state index in [1.165, 1.54) is 17.7 Å². The Balaban J connectivity index is 1.85. The van der Waals surface area contributed by atoms with Crippen LogP contribution in [0, 0.1) is 5.82 Å². The summed E-state index contributed by atoms with van der Waals surface area (Å²) < 4.78 is 13.2. The van der Waals surface area contributed by atoms with Crippen molar-refractivity contribution in [2.45, 2.75) is 30.9 Å². The summed E-state index contributed by atoms with van der Waals surface area (Å²) in [5, 5.41) is 2.78. The van der Waals surface area contributed by atoms with Crippen LogP contribution in [0.1, 0.15) is 31.0 Å². The van der Waals surface area contributed by atoms with Crippen LogP contribution in [0.4, 0.5) is 4.39 Å². The zero-order valence-corrected chi connectivity index (χ0v) is 13.6. The van der Waals surface area contributed by atoms with Gasteiger partial charge in [-0.05, 0) is 37.1 Å². The molecule has 0 unspecified atom stereocenters. The molecule has 0 bridgehead atoms. The van der Waals surface area contributed by atoms with Gasteiger partial charge in [-0.3, -0.25) is 4.79 Å². The molecule has 116 valence electrons. The molecule has 22 heavy (non-hydrogen) atoms. The van der Waals surface area contributed by atoms with E-state index in [0.29, 0.717) is 0 Å².